The van der Waals surface area contributed by atoms with Crippen LogP contribution in [-0.2, 0) is 15.9 Å². The van der Waals surface area contributed by atoms with E-state index < -0.39 is 5.79 Å². The SMILES string of the molecule is CCCCCCCCC(CCCc1cccnc1)C(C)(OCC)OCC. The fraction of sp³-hybridized carbons (Fsp3) is 0.783. The third-order valence-corrected chi connectivity index (χ3v) is 5.25. The summed E-state index contributed by atoms with van der Waals surface area (Å²) in [6.07, 6.45) is 16.4. The lowest BCUT2D eigenvalue weighted by molar-refractivity contribution is -0.254. The zero-order chi connectivity index (χ0) is 19.1. The van der Waals surface area contributed by atoms with Gasteiger partial charge in [0.25, 0.3) is 0 Å². The van der Waals surface area contributed by atoms with Gasteiger partial charge in [0.15, 0.2) is 5.79 Å². The molecule has 26 heavy (non-hydrogen) atoms. The van der Waals surface area contributed by atoms with E-state index in [9.17, 15) is 0 Å². The molecule has 0 aliphatic carbocycles. The molecule has 1 aromatic heterocycles. The molecule has 0 fully saturated rings. The van der Waals surface area contributed by atoms with Gasteiger partial charge in [-0.15, -0.1) is 0 Å². The van der Waals surface area contributed by atoms with E-state index in [2.05, 4.69) is 38.7 Å². The maximum Gasteiger partial charge on any atom is 0.168 e. The summed E-state index contributed by atoms with van der Waals surface area (Å²) in [6.45, 7) is 9.95. The molecular formula is C23H41NO2. The molecule has 0 N–H and O–H groups in total. The smallest absolute Gasteiger partial charge is 0.168 e. The van der Waals surface area contributed by atoms with E-state index in [-0.39, 0.29) is 0 Å². The van der Waals surface area contributed by atoms with Crippen LogP contribution < -0.4 is 0 Å². The maximum atomic E-state index is 6.10. The first-order valence-corrected chi connectivity index (χ1v) is 10.8. The Morgan fingerprint density at radius 1 is 0.923 bits per heavy atom. The Hall–Kier alpha value is -0.930. The molecule has 0 bridgehead atoms. The Kier molecular flexibility index (Phi) is 12.6. The molecule has 0 aromatic carbocycles. The highest BCUT2D eigenvalue weighted by Gasteiger charge is 2.34. The molecule has 3 nitrogen and oxygen atoms in total. The van der Waals surface area contributed by atoms with Crippen LogP contribution >= 0.6 is 0 Å². The maximum absolute atomic E-state index is 6.10. The van der Waals surface area contributed by atoms with Crippen LogP contribution in [0.5, 0.6) is 0 Å². The molecule has 1 rings (SSSR count). The fourth-order valence-corrected chi connectivity index (χ4v) is 3.79. The zero-order valence-electron chi connectivity index (χ0n) is 17.6. The van der Waals surface area contributed by atoms with Crippen LogP contribution in [0.25, 0.3) is 0 Å². The summed E-state index contributed by atoms with van der Waals surface area (Å²) in [4.78, 5) is 4.23. The number of unbranched alkanes of at least 4 members (excludes halogenated alkanes) is 5. The molecule has 1 aromatic rings. The van der Waals surface area contributed by atoms with Gasteiger partial charge in [-0.05, 0) is 58.1 Å². The number of aromatic nitrogens is 1. The minimum atomic E-state index is -0.456. The van der Waals surface area contributed by atoms with Crippen molar-refractivity contribution in [2.45, 2.75) is 97.7 Å². The number of ether oxygens (including phenoxy) is 2. The highest BCUT2D eigenvalue weighted by Crippen LogP contribution is 2.32. The van der Waals surface area contributed by atoms with Gasteiger partial charge in [-0.1, -0.05) is 51.5 Å². The lowest BCUT2D eigenvalue weighted by Crippen LogP contribution is -2.41. The lowest BCUT2D eigenvalue weighted by Gasteiger charge is -2.37. The van der Waals surface area contributed by atoms with Crippen LogP contribution in [0.2, 0.25) is 0 Å². The normalized spacial score (nSPS) is 13.1. The average Bonchev–Trinajstić information content (AvgIpc) is 2.64. The summed E-state index contributed by atoms with van der Waals surface area (Å²) >= 11 is 0. The molecule has 0 aliphatic rings. The molecule has 0 radical (unpaired) electrons. The summed E-state index contributed by atoms with van der Waals surface area (Å²) in [5.74, 6) is -0.00719. The molecular weight excluding hydrogens is 322 g/mol. The van der Waals surface area contributed by atoms with Crippen LogP contribution in [0.3, 0.4) is 0 Å². The van der Waals surface area contributed by atoms with E-state index in [4.69, 9.17) is 9.47 Å². The van der Waals surface area contributed by atoms with Gasteiger partial charge < -0.3 is 9.47 Å². The summed E-state index contributed by atoms with van der Waals surface area (Å²) < 4.78 is 12.2. The highest BCUT2D eigenvalue weighted by atomic mass is 16.7. The Balaban J connectivity index is 2.55. The molecule has 0 aliphatic heterocycles. The van der Waals surface area contributed by atoms with Crippen molar-refractivity contribution in [3.8, 4) is 0 Å². The van der Waals surface area contributed by atoms with Crippen molar-refractivity contribution in [1.82, 2.24) is 4.98 Å². The molecule has 1 heterocycles. The van der Waals surface area contributed by atoms with Gasteiger partial charge in [0.1, 0.15) is 0 Å². The van der Waals surface area contributed by atoms with Crippen LogP contribution in [0.4, 0.5) is 0 Å². The van der Waals surface area contributed by atoms with Crippen molar-refractivity contribution in [2.75, 3.05) is 13.2 Å². The van der Waals surface area contributed by atoms with Gasteiger partial charge in [-0.3, -0.25) is 4.98 Å². The van der Waals surface area contributed by atoms with Gasteiger partial charge in [0.05, 0.1) is 0 Å². The fourth-order valence-electron chi connectivity index (χ4n) is 3.79. The van der Waals surface area contributed by atoms with E-state index >= 15 is 0 Å². The second-order valence-corrected chi connectivity index (χ2v) is 7.39. The first-order chi connectivity index (χ1) is 12.7. The number of nitrogens with zero attached hydrogens (tertiary/aromatic N) is 1. The third kappa shape index (κ3) is 9.14. The van der Waals surface area contributed by atoms with Crippen molar-refractivity contribution >= 4 is 0 Å². The van der Waals surface area contributed by atoms with Gasteiger partial charge >= 0.3 is 0 Å². The minimum Gasteiger partial charge on any atom is -0.350 e. The second-order valence-electron chi connectivity index (χ2n) is 7.39. The van der Waals surface area contributed by atoms with Gasteiger partial charge in [0.2, 0.25) is 0 Å². The highest BCUT2D eigenvalue weighted by molar-refractivity contribution is 5.08. The topological polar surface area (TPSA) is 31.4 Å². The van der Waals surface area contributed by atoms with E-state index in [1.165, 1.54) is 50.5 Å². The molecule has 1 atom stereocenters. The summed E-state index contributed by atoms with van der Waals surface area (Å²) in [6, 6.07) is 4.19. The predicted octanol–water partition coefficient (Wildman–Crippen LogP) is 6.56. The first-order valence-electron chi connectivity index (χ1n) is 10.8. The molecule has 0 spiro atoms. The standard InChI is InChI=1S/C23H41NO2/c1-5-8-9-10-11-12-17-22(23(4,25-6-2)26-7-3)18-13-15-21-16-14-19-24-20-21/h14,16,19-20,22H,5-13,15,17-18H2,1-4H3. The Morgan fingerprint density at radius 2 is 1.58 bits per heavy atom. The third-order valence-electron chi connectivity index (χ3n) is 5.25. The van der Waals surface area contributed by atoms with E-state index in [0.717, 1.165) is 19.3 Å². The molecule has 1 unspecified atom stereocenters. The Bertz CT molecular complexity index is 429. The van der Waals surface area contributed by atoms with E-state index in [0.29, 0.717) is 19.1 Å². The number of hydrogen-bond donors (Lipinski definition) is 0. The van der Waals surface area contributed by atoms with Gasteiger partial charge in [0, 0.05) is 31.5 Å². The predicted molar refractivity (Wildman–Crippen MR) is 110 cm³/mol. The van der Waals surface area contributed by atoms with Crippen molar-refractivity contribution in [3.05, 3.63) is 30.1 Å². The minimum absolute atomic E-state index is 0.449. The largest absolute Gasteiger partial charge is 0.350 e. The van der Waals surface area contributed by atoms with Crippen molar-refractivity contribution in [2.24, 2.45) is 5.92 Å². The zero-order valence-corrected chi connectivity index (χ0v) is 17.6. The molecule has 0 saturated heterocycles. The van der Waals surface area contributed by atoms with Crippen LogP contribution in [0, 0.1) is 5.92 Å². The number of rotatable bonds is 16. The van der Waals surface area contributed by atoms with Gasteiger partial charge in [-0.2, -0.15) is 0 Å². The summed E-state index contributed by atoms with van der Waals surface area (Å²) in [5, 5.41) is 0. The van der Waals surface area contributed by atoms with E-state index in [1.807, 2.05) is 18.5 Å². The van der Waals surface area contributed by atoms with Crippen molar-refractivity contribution in [3.63, 3.8) is 0 Å². The Labute approximate surface area is 161 Å². The lowest BCUT2D eigenvalue weighted by atomic mass is 9.87. The number of pyridine rings is 1. The Morgan fingerprint density at radius 3 is 2.19 bits per heavy atom. The molecule has 3 heteroatoms. The summed E-state index contributed by atoms with van der Waals surface area (Å²) in [7, 11) is 0. The van der Waals surface area contributed by atoms with Gasteiger partial charge in [-0.25, -0.2) is 0 Å². The first kappa shape index (κ1) is 23.1. The number of hydrogen-bond acceptors (Lipinski definition) is 3. The summed E-state index contributed by atoms with van der Waals surface area (Å²) in [5.41, 5.74) is 1.32. The number of aryl methyl sites for hydroxylation is 1. The quantitative estimate of drug-likeness (QED) is 0.246. The average molecular weight is 364 g/mol. The van der Waals surface area contributed by atoms with E-state index in [1.54, 1.807) is 0 Å². The van der Waals surface area contributed by atoms with Crippen molar-refractivity contribution < 1.29 is 9.47 Å². The molecule has 0 saturated carbocycles. The molecule has 0 amide bonds. The van der Waals surface area contributed by atoms with Crippen molar-refractivity contribution in [1.29, 1.82) is 0 Å². The molecule has 150 valence electrons. The monoisotopic (exact) mass is 363 g/mol. The van der Waals surface area contributed by atoms with Crippen LogP contribution in [-0.4, -0.2) is 24.0 Å². The second kappa shape index (κ2) is 14.2. The van der Waals surface area contributed by atoms with Crippen LogP contribution in [0.15, 0.2) is 24.5 Å². The van der Waals surface area contributed by atoms with Crippen LogP contribution in [0.1, 0.15) is 91.0 Å².